The standard InChI is InChI=1S/C14H14FN3/c1-8-5-9(7-10(15)6-8)14-17-12-4-2-3-11(12)13(16)18-14/h5-7H,2-4H2,1H3,(H2,16,17,18). The third kappa shape index (κ3) is 1.83. The number of hydrogen-bond acceptors (Lipinski definition) is 3. The lowest BCUT2D eigenvalue weighted by Gasteiger charge is -2.07. The van der Waals surface area contributed by atoms with Crippen LogP contribution in [0.5, 0.6) is 0 Å². The van der Waals surface area contributed by atoms with E-state index in [-0.39, 0.29) is 5.82 Å². The fourth-order valence-corrected chi connectivity index (χ4v) is 2.46. The first-order valence-electron chi connectivity index (χ1n) is 6.06. The van der Waals surface area contributed by atoms with E-state index in [1.54, 1.807) is 0 Å². The molecule has 1 aromatic heterocycles. The average Bonchev–Trinajstić information content (AvgIpc) is 2.76. The zero-order valence-electron chi connectivity index (χ0n) is 10.2. The number of rotatable bonds is 1. The topological polar surface area (TPSA) is 51.8 Å². The van der Waals surface area contributed by atoms with Crippen molar-refractivity contribution in [3.63, 3.8) is 0 Å². The van der Waals surface area contributed by atoms with Crippen molar-refractivity contribution >= 4 is 5.82 Å². The average molecular weight is 243 g/mol. The summed E-state index contributed by atoms with van der Waals surface area (Å²) in [6, 6.07) is 4.81. The van der Waals surface area contributed by atoms with Crippen LogP contribution in [-0.2, 0) is 12.8 Å². The lowest BCUT2D eigenvalue weighted by atomic mass is 10.1. The minimum Gasteiger partial charge on any atom is -0.383 e. The maximum Gasteiger partial charge on any atom is 0.161 e. The molecule has 2 aromatic rings. The van der Waals surface area contributed by atoms with Crippen LogP contribution in [0.1, 0.15) is 23.2 Å². The van der Waals surface area contributed by atoms with Gasteiger partial charge in [0.05, 0.1) is 0 Å². The molecular formula is C14H14FN3. The van der Waals surface area contributed by atoms with E-state index in [2.05, 4.69) is 9.97 Å². The first-order valence-corrected chi connectivity index (χ1v) is 6.06. The Balaban J connectivity index is 2.15. The highest BCUT2D eigenvalue weighted by Gasteiger charge is 2.18. The first-order chi connectivity index (χ1) is 8.63. The second-order valence-electron chi connectivity index (χ2n) is 4.73. The SMILES string of the molecule is Cc1cc(F)cc(-c2nc(N)c3c(n2)CCC3)c1. The zero-order valence-corrected chi connectivity index (χ0v) is 10.2. The molecule has 0 fully saturated rings. The van der Waals surface area contributed by atoms with E-state index in [1.807, 2.05) is 13.0 Å². The quantitative estimate of drug-likeness (QED) is 0.837. The molecule has 0 amide bonds. The summed E-state index contributed by atoms with van der Waals surface area (Å²) in [5.41, 5.74) is 9.56. The molecule has 0 saturated heterocycles. The van der Waals surface area contributed by atoms with Gasteiger partial charge >= 0.3 is 0 Å². The van der Waals surface area contributed by atoms with Gasteiger partial charge in [0.25, 0.3) is 0 Å². The summed E-state index contributed by atoms with van der Waals surface area (Å²) < 4.78 is 13.4. The fourth-order valence-electron chi connectivity index (χ4n) is 2.46. The van der Waals surface area contributed by atoms with Crippen molar-refractivity contribution in [2.45, 2.75) is 26.2 Å². The molecule has 0 spiro atoms. The Morgan fingerprint density at radius 3 is 2.78 bits per heavy atom. The van der Waals surface area contributed by atoms with Gasteiger partial charge in [0.1, 0.15) is 11.6 Å². The number of nitrogens with two attached hydrogens (primary N) is 1. The summed E-state index contributed by atoms with van der Waals surface area (Å²) in [5.74, 6) is 0.790. The summed E-state index contributed by atoms with van der Waals surface area (Å²) in [4.78, 5) is 8.81. The second-order valence-corrected chi connectivity index (χ2v) is 4.73. The third-order valence-electron chi connectivity index (χ3n) is 3.27. The molecule has 4 heteroatoms. The Bertz CT molecular complexity index is 602. The van der Waals surface area contributed by atoms with Gasteiger partial charge in [-0.15, -0.1) is 0 Å². The lowest BCUT2D eigenvalue weighted by molar-refractivity contribution is 0.627. The number of nitrogens with zero attached hydrogens (tertiary/aromatic N) is 2. The van der Waals surface area contributed by atoms with Crippen LogP contribution >= 0.6 is 0 Å². The van der Waals surface area contributed by atoms with Gasteiger partial charge in [-0.3, -0.25) is 0 Å². The van der Waals surface area contributed by atoms with Gasteiger partial charge < -0.3 is 5.73 Å². The van der Waals surface area contributed by atoms with E-state index in [1.165, 1.54) is 12.1 Å². The van der Waals surface area contributed by atoms with Gasteiger partial charge in [-0.05, 0) is 49.9 Å². The number of fused-ring (bicyclic) bond motifs is 1. The summed E-state index contributed by atoms with van der Waals surface area (Å²) in [6.07, 6.45) is 2.95. The van der Waals surface area contributed by atoms with Crippen molar-refractivity contribution in [3.8, 4) is 11.4 Å². The number of anilines is 1. The van der Waals surface area contributed by atoms with Crippen molar-refractivity contribution in [1.29, 1.82) is 0 Å². The molecule has 3 nitrogen and oxygen atoms in total. The molecule has 3 rings (SSSR count). The van der Waals surface area contributed by atoms with Crippen LogP contribution in [0.2, 0.25) is 0 Å². The molecule has 0 unspecified atom stereocenters. The molecule has 92 valence electrons. The van der Waals surface area contributed by atoms with E-state index in [0.29, 0.717) is 17.2 Å². The molecule has 1 heterocycles. The van der Waals surface area contributed by atoms with Gasteiger partial charge in [-0.25, -0.2) is 14.4 Å². The Kier molecular flexibility index (Phi) is 2.51. The molecule has 0 atom stereocenters. The predicted molar refractivity (Wildman–Crippen MR) is 68.6 cm³/mol. The summed E-state index contributed by atoms with van der Waals surface area (Å²) in [6.45, 7) is 1.85. The van der Waals surface area contributed by atoms with Crippen molar-refractivity contribution < 1.29 is 4.39 Å². The summed E-state index contributed by atoms with van der Waals surface area (Å²) in [5, 5.41) is 0. The molecular weight excluding hydrogens is 229 g/mol. The van der Waals surface area contributed by atoms with E-state index in [0.717, 1.165) is 36.1 Å². The molecule has 1 aliphatic rings. The number of halogens is 1. The van der Waals surface area contributed by atoms with Crippen molar-refractivity contribution in [2.75, 3.05) is 5.73 Å². The Labute approximate surface area is 105 Å². The largest absolute Gasteiger partial charge is 0.383 e. The van der Waals surface area contributed by atoms with Crippen LogP contribution in [0.25, 0.3) is 11.4 Å². The van der Waals surface area contributed by atoms with E-state index < -0.39 is 0 Å². The Morgan fingerprint density at radius 2 is 2.00 bits per heavy atom. The summed E-state index contributed by atoms with van der Waals surface area (Å²) >= 11 is 0. The van der Waals surface area contributed by atoms with Crippen LogP contribution in [0.3, 0.4) is 0 Å². The van der Waals surface area contributed by atoms with Crippen LogP contribution in [-0.4, -0.2) is 9.97 Å². The molecule has 0 bridgehead atoms. The van der Waals surface area contributed by atoms with Crippen LogP contribution < -0.4 is 5.73 Å². The Morgan fingerprint density at radius 1 is 1.17 bits per heavy atom. The van der Waals surface area contributed by atoms with Gasteiger partial charge in [0.2, 0.25) is 0 Å². The van der Waals surface area contributed by atoms with Crippen LogP contribution in [0.15, 0.2) is 18.2 Å². The fraction of sp³-hybridized carbons (Fsp3) is 0.286. The van der Waals surface area contributed by atoms with Crippen molar-refractivity contribution in [1.82, 2.24) is 9.97 Å². The number of benzene rings is 1. The smallest absolute Gasteiger partial charge is 0.161 e. The third-order valence-corrected chi connectivity index (χ3v) is 3.27. The maximum atomic E-state index is 13.4. The highest BCUT2D eigenvalue weighted by molar-refractivity contribution is 5.60. The maximum absolute atomic E-state index is 13.4. The van der Waals surface area contributed by atoms with Gasteiger partial charge in [-0.2, -0.15) is 0 Å². The molecule has 1 aliphatic carbocycles. The molecule has 1 aromatic carbocycles. The predicted octanol–water partition coefficient (Wildman–Crippen LogP) is 2.66. The van der Waals surface area contributed by atoms with E-state index in [4.69, 9.17) is 5.73 Å². The van der Waals surface area contributed by atoms with E-state index >= 15 is 0 Å². The van der Waals surface area contributed by atoms with E-state index in [9.17, 15) is 4.39 Å². The minimum atomic E-state index is -0.271. The lowest BCUT2D eigenvalue weighted by Crippen LogP contribution is -2.03. The normalized spacial score (nSPS) is 13.7. The highest BCUT2D eigenvalue weighted by Crippen LogP contribution is 2.28. The zero-order chi connectivity index (χ0) is 12.7. The van der Waals surface area contributed by atoms with Gasteiger partial charge in [0.15, 0.2) is 5.82 Å². The van der Waals surface area contributed by atoms with Crippen molar-refractivity contribution in [2.24, 2.45) is 0 Å². The highest BCUT2D eigenvalue weighted by atomic mass is 19.1. The van der Waals surface area contributed by atoms with Gasteiger partial charge in [-0.1, -0.05) is 0 Å². The number of aromatic nitrogens is 2. The van der Waals surface area contributed by atoms with Crippen LogP contribution in [0.4, 0.5) is 10.2 Å². The van der Waals surface area contributed by atoms with Gasteiger partial charge in [0, 0.05) is 16.8 Å². The summed E-state index contributed by atoms with van der Waals surface area (Å²) in [7, 11) is 0. The first kappa shape index (κ1) is 11.1. The minimum absolute atomic E-state index is 0.271. The number of nitrogen functional groups attached to an aromatic ring is 1. The molecule has 2 N–H and O–H groups in total. The van der Waals surface area contributed by atoms with Crippen molar-refractivity contribution in [3.05, 3.63) is 40.8 Å². The Hall–Kier alpha value is -1.97. The number of aryl methyl sites for hydroxylation is 2. The molecule has 0 aliphatic heterocycles. The monoisotopic (exact) mass is 243 g/mol. The molecule has 0 saturated carbocycles. The number of hydrogen-bond donors (Lipinski definition) is 1. The molecule has 18 heavy (non-hydrogen) atoms. The second kappa shape index (κ2) is 4.05. The van der Waals surface area contributed by atoms with Crippen LogP contribution in [0, 0.1) is 12.7 Å². The molecule has 0 radical (unpaired) electrons.